The summed E-state index contributed by atoms with van der Waals surface area (Å²) in [5.74, 6) is 1.40. The summed E-state index contributed by atoms with van der Waals surface area (Å²) in [5.41, 5.74) is 0.697. The van der Waals surface area contributed by atoms with E-state index < -0.39 is 0 Å². The van der Waals surface area contributed by atoms with Gasteiger partial charge in [0.2, 0.25) is 5.91 Å². The number of benzene rings is 2. The third-order valence-electron chi connectivity index (χ3n) is 3.49. The van der Waals surface area contributed by atoms with E-state index in [1.54, 1.807) is 0 Å². The third kappa shape index (κ3) is 4.33. The highest BCUT2D eigenvalue weighted by Gasteiger charge is 2.20. The van der Waals surface area contributed by atoms with Crippen molar-refractivity contribution in [3.8, 4) is 11.5 Å². The van der Waals surface area contributed by atoms with Crippen LogP contribution in [0.25, 0.3) is 0 Å². The van der Waals surface area contributed by atoms with E-state index in [0.29, 0.717) is 23.9 Å². The fourth-order valence-corrected chi connectivity index (χ4v) is 2.16. The van der Waals surface area contributed by atoms with Crippen LogP contribution in [-0.4, -0.2) is 18.5 Å². The Morgan fingerprint density at radius 3 is 2.55 bits per heavy atom. The quantitative estimate of drug-likeness (QED) is 0.821. The lowest BCUT2D eigenvalue weighted by atomic mass is 10.2. The predicted octanol–water partition coefficient (Wildman–Crippen LogP) is 3.56. The van der Waals surface area contributed by atoms with Crippen molar-refractivity contribution >= 4 is 11.6 Å². The highest BCUT2D eigenvalue weighted by Crippen LogP contribution is 2.29. The second-order valence-electron chi connectivity index (χ2n) is 5.44. The van der Waals surface area contributed by atoms with Crippen molar-refractivity contribution in [2.45, 2.75) is 25.3 Å². The van der Waals surface area contributed by atoms with E-state index in [9.17, 15) is 4.79 Å². The zero-order chi connectivity index (χ0) is 15.2. The first-order valence-corrected chi connectivity index (χ1v) is 7.66. The molecule has 0 saturated heterocycles. The molecule has 0 unspecified atom stereocenters. The minimum Gasteiger partial charge on any atom is -0.455 e. The van der Waals surface area contributed by atoms with Crippen molar-refractivity contribution < 1.29 is 9.53 Å². The minimum atomic E-state index is -0.00254. The van der Waals surface area contributed by atoms with Crippen LogP contribution in [0.3, 0.4) is 0 Å². The van der Waals surface area contributed by atoms with Crippen molar-refractivity contribution in [1.82, 2.24) is 5.32 Å². The summed E-state index contributed by atoms with van der Waals surface area (Å²) in [4.78, 5) is 12.0. The van der Waals surface area contributed by atoms with Crippen LogP contribution in [0, 0.1) is 0 Å². The van der Waals surface area contributed by atoms with E-state index in [0.717, 1.165) is 12.3 Å². The molecule has 0 aromatic heterocycles. The van der Waals surface area contributed by atoms with E-state index in [-0.39, 0.29) is 5.91 Å². The summed E-state index contributed by atoms with van der Waals surface area (Å²) in [7, 11) is 0. The van der Waals surface area contributed by atoms with Crippen molar-refractivity contribution in [2.75, 3.05) is 11.9 Å². The van der Waals surface area contributed by atoms with Crippen LogP contribution >= 0.6 is 0 Å². The molecule has 3 rings (SSSR count). The van der Waals surface area contributed by atoms with Gasteiger partial charge in [-0.2, -0.15) is 0 Å². The van der Waals surface area contributed by atoms with Crippen molar-refractivity contribution in [3.05, 3.63) is 54.6 Å². The van der Waals surface area contributed by atoms with Crippen LogP contribution in [0.2, 0.25) is 0 Å². The number of ether oxygens (including phenoxy) is 1. The number of hydrogen-bond acceptors (Lipinski definition) is 3. The van der Waals surface area contributed by atoms with Crippen LogP contribution in [0.15, 0.2) is 54.6 Å². The molecule has 1 amide bonds. The Hall–Kier alpha value is -2.33. The fraction of sp³-hybridized carbons (Fsp3) is 0.278. The van der Waals surface area contributed by atoms with Gasteiger partial charge in [-0.25, -0.2) is 0 Å². The molecule has 4 nitrogen and oxygen atoms in total. The summed E-state index contributed by atoms with van der Waals surface area (Å²) in [6, 6.07) is 17.7. The molecule has 2 aromatic rings. The summed E-state index contributed by atoms with van der Waals surface area (Å²) in [5, 5.41) is 6.26. The van der Waals surface area contributed by atoms with Gasteiger partial charge >= 0.3 is 0 Å². The second kappa shape index (κ2) is 7.09. The summed E-state index contributed by atoms with van der Waals surface area (Å²) in [6.45, 7) is 0.720. The van der Waals surface area contributed by atoms with Crippen molar-refractivity contribution in [2.24, 2.45) is 0 Å². The zero-order valence-electron chi connectivity index (χ0n) is 12.4. The highest BCUT2D eigenvalue weighted by atomic mass is 16.5. The number of nitrogens with one attached hydrogen (secondary N) is 2. The molecule has 2 N–H and O–H groups in total. The van der Waals surface area contributed by atoms with Crippen molar-refractivity contribution in [3.63, 3.8) is 0 Å². The van der Waals surface area contributed by atoms with E-state index in [1.807, 2.05) is 54.6 Å². The summed E-state index contributed by atoms with van der Waals surface area (Å²) in [6.07, 6.45) is 2.93. The topological polar surface area (TPSA) is 50.4 Å². The maximum absolute atomic E-state index is 12.0. The molecular formula is C18H20N2O2. The standard InChI is InChI=1S/C18H20N2O2/c21-18(12-13-19-14-10-11-14)20-16-8-4-5-9-17(16)22-15-6-2-1-3-7-15/h1-9,14,19H,10-13H2,(H,20,21). The summed E-state index contributed by atoms with van der Waals surface area (Å²) < 4.78 is 5.83. The van der Waals surface area contributed by atoms with E-state index in [4.69, 9.17) is 4.74 Å². The average Bonchev–Trinajstić information content (AvgIpc) is 3.35. The van der Waals surface area contributed by atoms with E-state index >= 15 is 0 Å². The van der Waals surface area contributed by atoms with Gasteiger partial charge in [0.15, 0.2) is 5.75 Å². The lowest BCUT2D eigenvalue weighted by Gasteiger charge is -2.12. The highest BCUT2D eigenvalue weighted by molar-refractivity contribution is 5.92. The Balaban J connectivity index is 1.59. The molecule has 1 aliphatic carbocycles. The number of rotatable bonds is 7. The van der Waals surface area contributed by atoms with Crippen LogP contribution < -0.4 is 15.4 Å². The molecule has 2 aromatic carbocycles. The van der Waals surface area contributed by atoms with Crippen LogP contribution in [0.5, 0.6) is 11.5 Å². The molecule has 22 heavy (non-hydrogen) atoms. The van der Waals surface area contributed by atoms with Gasteiger partial charge in [0.1, 0.15) is 5.75 Å². The smallest absolute Gasteiger partial charge is 0.225 e. The molecule has 0 aliphatic heterocycles. The predicted molar refractivity (Wildman–Crippen MR) is 87.2 cm³/mol. The van der Waals surface area contributed by atoms with Crippen molar-refractivity contribution in [1.29, 1.82) is 0 Å². The monoisotopic (exact) mass is 296 g/mol. The van der Waals surface area contributed by atoms with Crippen LogP contribution in [0.4, 0.5) is 5.69 Å². The van der Waals surface area contributed by atoms with Gasteiger partial charge in [0.05, 0.1) is 5.69 Å². The molecule has 114 valence electrons. The lowest BCUT2D eigenvalue weighted by Crippen LogP contribution is -2.23. The SMILES string of the molecule is O=C(CCNC1CC1)Nc1ccccc1Oc1ccccc1. The Bertz CT molecular complexity index is 624. The molecule has 1 aliphatic rings. The van der Waals surface area contributed by atoms with Gasteiger partial charge in [0, 0.05) is 19.0 Å². The molecule has 0 bridgehead atoms. The van der Waals surface area contributed by atoms with Crippen LogP contribution in [-0.2, 0) is 4.79 Å². The van der Waals surface area contributed by atoms with Gasteiger partial charge < -0.3 is 15.4 Å². The molecule has 4 heteroatoms. The molecule has 1 fully saturated rings. The van der Waals surface area contributed by atoms with Gasteiger partial charge in [0.25, 0.3) is 0 Å². The molecule has 0 spiro atoms. The number of amides is 1. The minimum absolute atomic E-state index is 0.00254. The first-order chi connectivity index (χ1) is 10.8. The van der Waals surface area contributed by atoms with Crippen LogP contribution in [0.1, 0.15) is 19.3 Å². The number of anilines is 1. The fourth-order valence-electron chi connectivity index (χ4n) is 2.16. The Morgan fingerprint density at radius 1 is 1.05 bits per heavy atom. The molecule has 0 radical (unpaired) electrons. The normalized spacial score (nSPS) is 13.6. The first kappa shape index (κ1) is 14.6. The largest absolute Gasteiger partial charge is 0.455 e. The van der Waals surface area contributed by atoms with Gasteiger partial charge in [-0.15, -0.1) is 0 Å². The third-order valence-corrected chi connectivity index (χ3v) is 3.49. The zero-order valence-corrected chi connectivity index (χ0v) is 12.4. The van der Waals surface area contributed by atoms with Gasteiger partial charge in [-0.05, 0) is 37.1 Å². The number of para-hydroxylation sites is 3. The number of carbonyl (C=O) groups excluding carboxylic acids is 1. The molecular weight excluding hydrogens is 276 g/mol. The maximum atomic E-state index is 12.0. The Labute approximate surface area is 130 Å². The maximum Gasteiger partial charge on any atom is 0.225 e. The number of hydrogen-bond donors (Lipinski definition) is 2. The number of carbonyl (C=O) groups is 1. The van der Waals surface area contributed by atoms with E-state index in [2.05, 4.69) is 10.6 Å². The second-order valence-corrected chi connectivity index (χ2v) is 5.44. The molecule has 0 atom stereocenters. The summed E-state index contributed by atoms with van der Waals surface area (Å²) >= 11 is 0. The molecule has 1 saturated carbocycles. The first-order valence-electron chi connectivity index (χ1n) is 7.66. The Kier molecular flexibility index (Phi) is 4.71. The van der Waals surface area contributed by atoms with E-state index in [1.165, 1.54) is 12.8 Å². The van der Waals surface area contributed by atoms with Gasteiger partial charge in [-0.3, -0.25) is 4.79 Å². The molecule has 0 heterocycles. The van der Waals surface area contributed by atoms with Gasteiger partial charge in [-0.1, -0.05) is 30.3 Å². The Morgan fingerprint density at radius 2 is 1.77 bits per heavy atom. The average molecular weight is 296 g/mol. The lowest BCUT2D eigenvalue weighted by molar-refractivity contribution is -0.116.